The van der Waals surface area contributed by atoms with E-state index in [1.807, 2.05) is 0 Å². The molecule has 1 aliphatic heterocycles. The third kappa shape index (κ3) is 6.98. The van der Waals surface area contributed by atoms with Gasteiger partial charge in [0.25, 0.3) is 0 Å². The molecule has 5 atom stereocenters. The molecule has 1 fully saturated rings. The molecule has 0 radical (unpaired) electrons. The van der Waals surface area contributed by atoms with Crippen LogP contribution in [-0.4, -0.2) is 94.2 Å². The summed E-state index contributed by atoms with van der Waals surface area (Å²) in [5, 5.41) is 47.9. The highest BCUT2D eigenvalue weighted by Crippen LogP contribution is 2.41. The van der Waals surface area contributed by atoms with Crippen molar-refractivity contribution in [2.45, 2.75) is 42.2 Å². The summed E-state index contributed by atoms with van der Waals surface area (Å²) in [5.74, 6) is -0.742. The fraction of sp³-hybridized carbons (Fsp3) is 0.917. The van der Waals surface area contributed by atoms with Gasteiger partial charge < -0.3 is 40.1 Å². The van der Waals surface area contributed by atoms with Gasteiger partial charge in [0.2, 0.25) is 4.93 Å². The number of carbonyl (C=O) groups is 1. The van der Waals surface area contributed by atoms with Crippen LogP contribution in [0.1, 0.15) is 12.8 Å². The number of carboxylic acids is 1. The Labute approximate surface area is 152 Å². The van der Waals surface area contributed by atoms with E-state index < -0.39 is 55.9 Å². The van der Waals surface area contributed by atoms with E-state index in [1.54, 1.807) is 0 Å². The van der Waals surface area contributed by atoms with E-state index in [1.165, 1.54) is 0 Å². The number of thioether (sulfide) groups is 2. The standard InChI is InChI=1S/C12H23O10PS2/c13-5-8(15)10-9(16)7(14)4-12(22-10,11(17)18)25-3-1-2-24-6-23(19,20)21/h7-10,13-16H,1-6H2,(H,17,18)(H2,19,20,21)/t7-,8-,9-,10?,12-/m1/s1. The molecule has 0 spiro atoms. The highest BCUT2D eigenvalue weighted by Gasteiger charge is 2.53. The van der Waals surface area contributed by atoms with Crippen molar-refractivity contribution >= 4 is 37.1 Å². The van der Waals surface area contributed by atoms with Crippen LogP contribution in [0.3, 0.4) is 0 Å². The maximum absolute atomic E-state index is 11.6. The predicted molar refractivity (Wildman–Crippen MR) is 91.4 cm³/mol. The van der Waals surface area contributed by atoms with E-state index >= 15 is 0 Å². The van der Waals surface area contributed by atoms with Gasteiger partial charge in [-0.05, 0) is 17.9 Å². The smallest absolute Gasteiger partial charge is 0.346 e. The van der Waals surface area contributed by atoms with E-state index in [2.05, 4.69) is 0 Å². The first-order valence-corrected chi connectivity index (χ1v) is 11.3. The zero-order chi connectivity index (χ0) is 19.3. The third-order valence-corrected chi connectivity index (χ3v) is 7.50. The highest BCUT2D eigenvalue weighted by atomic mass is 32.2. The summed E-state index contributed by atoms with van der Waals surface area (Å²) in [7, 11) is -4.08. The molecule has 13 heteroatoms. The second-order valence-electron chi connectivity index (χ2n) is 5.56. The molecule has 1 unspecified atom stereocenters. The van der Waals surface area contributed by atoms with Crippen LogP contribution in [0.4, 0.5) is 0 Å². The molecule has 25 heavy (non-hydrogen) atoms. The van der Waals surface area contributed by atoms with Crippen LogP contribution in [0.5, 0.6) is 0 Å². The lowest BCUT2D eigenvalue weighted by Crippen LogP contribution is -2.60. The Bertz CT molecular complexity index is 489. The molecule has 0 aliphatic carbocycles. The zero-order valence-electron chi connectivity index (χ0n) is 13.2. The lowest BCUT2D eigenvalue weighted by molar-refractivity contribution is -0.221. The lowest BCUT2D eigenvalue weighted by Gasteiger charge is -2.43. The molecule has 0 saturated carbocycles. The number of aliphatic carboxylic acids is 1. The summed E-state index contributed by atoms with van der Waals surface area (Å²) in [5.41, 5.74) is -0.325. The minimum Gasteiger partial charge on any atom is -0.478 e. The van der Waals surface area contributed by atoms with Crippen molar-refractivity contribution in [3.05, 3.63) is 0 Å². The molecular weight excluding hydrogens is 399 g/mol. The van der Waals surface area contributed by atoms with Gasteiger partial charge in [0.15, 0.2) is 0 Å². The minimum absolute atomic E-state index is 0.255. The Kier molecular flexibility index (Phi) is 9.15. The average Bonchev–Trinajstić information content (AvgIpc) is 2.51. The molecule has 0 aromatic heterocycles. The maximum atomic E-state index is 11.6. The Morgan fingerprint density at radius 1 is 1.32 bits per heavy atom. The minimum atomic E-state index is -4.08. The average molecular weight is 422 g/mol. The number of aliphatic hydroxyl groups excluding tert-OH is 4. The second-order valence-corrected chi connectivity index (χ2v) is 10.1. The van der Waals surface area contributed by atoms with Crippen molar-refractivity contribution in [1.82, 2.24) is 0 Å². The largest absolute Gasteiger partial charge is 0.478 e. The highest BCUT2D eigenvalue weighted by molar-refractivity contribution is 8.04. The summed E-state index contributed by atoms with van der Waals surface area (Å²) in [4.78, 5) is 27.2. The van der Waals surface area contributed by atoms with Crippen molar-refractivity contribution in [3.8, 4) is 0 Å². The van der Waals surface area contributed by atoms with Crippen molar-refractivity contribution in [1.29, 1.82) is 0 Å². The van der Waals surface area contributed by atoms with Gasteiger partial charge in [-0.15, -0.1) is 23.5 Å². The van der Waals surface area contributed by atoms with Gasteiger partial charge >= 0.3 is 13.6 Å². The van der Waals surface area contributed by atoms with Crippen LogP contribution in [0.25, 0.3) is 0 Å². The monoisotopic (exact) mass is 422 g/mol. The van der Waals surface area contributed by atoms with E-state index in [0.717, 1.165) is 23.5 Å². The first-order chi connectivity index (χ1) is 11.5. The van der Waals surface area contributed by atoms with Gasteiger partial charge in [-0.25, -0.2) is 4.79 Å². The van der Waals surface area contributed by atoms with Crippen molar-refractivity contribution in [3.63, 3.8) is 0 Å². The molecule has 7 N–H and O–H groups in total. The van der Waals surface area contributed by atoms with Gasteiger partial charge in [-0.1, -0.05) is 0 Å². The molecule has 148 valence electrons. The van der Waals surface area contributed by atoms with Crippen molar-refractivity contribution in [2.75, 3.05) is 23.6 Å². The maximum Gasteiger partial charge on any atom is 0.346 e. The molecular formula is C12H23O10PS2. The van der Waals surface area contributed by atoms with Gasteiger partial charge in [0.05, 0.1) is 18.2 Å². The van der Waals surface area contributed by atoms with E-state index in [0.29, 0.717) is 12.2 Å². The Morgan fingerprint density at radius 2 is 1.96 bits per heavy atom. The molecule has 1 rings (SSSR count). The topological polar surface area (TPSA) is 185 Å². The molecule has 1 aliphatic rings. The van der Waals surface area contributed by atoms with Gasteiger partial charge in [0.1, 0.15) is 18.3 Å². The van der Waals surface area contributed by atoms with E-state index in [4.69, 9.17) is 19.6 Å². The van der Waals surface area contributed by atoms with Gasteiger partial charge in [-0.2, -0.15) is 0 Å². The number of hydrogen-bond donors (Lipinski definition) is 7. The number of carboxylic acid groups (broad SMARTS) is 1. The normalized spacial score (nSPS) is 31.7. The van der Waals surface area contributed by atoms with Crippen LogP contribution in [0, 0.1) is 0 Å². The summed E-state index contributed by atoms with van der Waals surface area (Å²) in [6.07, 6.45) is -5.97. The first kappa shape index (κ1) is 23.2. The molecule has 0 amide bonds. The predicted octanol–water partition coefficient (Wildman–Crippen LogP) is -1.38. The van der Waals surface area contributed by atoms with Crippen molar-refractivity contribution < 1.29 is 49.4 Å². The van der Waals surface area contributed by atoms with Crippen LogP contribution >= 0.6 is 31.1 Å². The number of hydrogen-bond acceptors (Lipinski definition) is 9. The third-order valence-electron chi connectivity index (χ3n) is 3.45. The van der Waals surface area contributed by atoms with E-state index in [9.17, 15) is 29.8 Å². The molecule has 1 heterocycles. The molecule has 0 aromatic carbocycles. The van der Waals surface area contributed by atoms with Crippen LogP contribution in [0.2, 0.25) is 0 Å². The van der Waals surface area contributed by atoms with Crippen LogP contribution in [-0.2, 0) is 14.1 Å². The fourth-order valence-corrected chi connectivity index (χ4v) is 5.45. The molecule has 0 aromatic rings. The summed E-state index contributed by atoms with van der Waals surface area (Å²) >= 11 is 1.89. The van der Waals surface area contributed by atoms with Crippen LogP contribution < -0.4 is 0 Å². The molecule has 1 saturated heterocycles. The lowest BCUT2D eigenvalue weighted by atomic mass is 9.94. The number of rotatable bonds is 10. The quantitative estimate of drug-likeness (QED) is 0.162. The Morgan fingerprint density at radius 3 is 2.48 bits per heavy atom. The zero-order valence-corrected chi connectivity index (χ0v) is 15.7. The summed E-state index contributed by atoms with van der Waals surface area (Å²) < 4.78 is 16.1. The molecule has 0 bridgehead atoms. The van der Waals surface area contributed by atoms with E-state index in [-0.39, 0.29) is 11.2 Å². The second kappa shape index (κ2) is 9.88. The van der Waals surface area contributed by atoms with Gasteiger partial charge in [0, 0.05) is 6.42 Å². The Balaban J connectivity index is 2.64. The number of ether oxygens (including phenoxy) is 1. The SMILES string of the molecule is O=C(O)[C@]1(SCCCSCP(=O)(O)O)C[C@@H](O)[C@@H](O)C([C@H](O)CO)O1. The summed E-state index contributed by atoms with van der Waals surface area (Å²) in [6, 6.07) is 0. The summed E-state index contributed by atoms with van der Waals surface area (Å²) in [6.45, 7) is -0.770. The Hall–Kier alpha value is 0.120. The van der Waals surface area contributed by atoms with Gasteiger partial charge in [-0.3, -0.25) is 4.57 Å². The number of aliphatic hydroxyl groups is 4. The first-order valence-electron chi connectivity index (χ1n) is 7.35. The van der Waals surface area contributed by atoms with Crippen molar-refractivity contribution in [2.24, 2.45) is 0 Å². The fourth-order valence-electron chi connectivity index (χ4n) is 2.24. The molecule has 10 nitrogen and oxygen atoms in total. The van der Waals surface area contributed by atoms with Crippen LogP contribution in [0.15, 0.2) is 0 Å².